The first-order chi connectivity index (χ1) is 12.9. The van der Waals surface area contributed by atoms with Crippen molar-refractivity contribution in [3.63, 3.8) is 0 Å². The number of pyridine rings is 1. The van der Waals surface area contributed by atoms with Gasteiger partial charge in [-0.25, -0.2) is 4.39 Å². The lowest BCUT2D eigenvalue weighted by molar-refractivity contribution is 0.0929. The Hall–Kier alpha value is -3.39. The molecule has 2 aromatic carbocycles. The second-order valence-corrected chi connectivity index (χ2v) is 6.56. The van der Waals surface area contributed by atoms with E-state index in [0.29, 0.717) is 16.7 Å². The lowest BCUT2D eigenvalue weighted by atomic mass is 10.0. The molecule has 0 atom stereocenters. The van der Waals surface area contributed by atoms with Gasteiger partial charge in [0.2, 0.25) is 0 Å². The van der Waals surface area contributed by atoms with Crippen LogP contribution in [0.1, 0.15) is 29.8 Å². The Morgan fingerprint density at radius 1 is 1.19 bits per heavy atom. The van der Waals surface area contributed by atoms with Crippen molar-refractivity contribution in [2.45, 2.75) is 19.4 Å². The maximum absolute atomic E-state index is 13.7. The van der Waals surface area contributed by atoms with E-state index >= 15 is 0 Å². The van der Waals surface area contributed by atoms with Crippen LogP contribution in [0.25, 0.3) is 10.9 Å². The molecule has 0 aliphatic rings. The normalized spacial score (nSPS) is 10.8. The summed E-state index contributed by atoms with van der Waals surface area (Å²) in [6.07, 6.45) is 1.37. The molecule has 0 bridgehead atoms. The topological polar surface area (TPSA) is 51.2 Å². The molecule has 0 radical (unpaired) electrons. The molecule has 3 rings (SSSR count). The molecule has 1 N–H and O–H groups in total. The number of aromatic nitrogens is 1. The molecule has 5 heteroatoms. The summed E-state index contributed by atoms with van der Waals surface area (Å²) in [4.78, 5) is 16.6. The average Bonchev–Trinajstić information content (AvgIpc) is 2.66. The van der Waals surface area contributed by atoms with Gasteiger partial charge in [-0.05, 0) is 38.1 Å². The molecule has 0 unspecified atom stereocenters. The number of benzene rings is 2. The highest BCUT2D eigenvalue weighted by Crippen LogP contribution is 2.18. The smallest absolute Gasteiger partial charge is 0.254 e. The van der Waals surface area contributed by atoms with Crippen molar-refractivity contribution < 1.29 is 13.9 Å². The third-order valence-corrected chi connectivity index (χ3v) is 3.97. The van der Waals surface area contributed by atoms with Crippen LogP contribution in [0.3, 0.4) is 0 Å². The summed E-state index contributed by atoms with van der Waals surface area (Å²) < 4.78 is 19.0. The Morgan fingerprint density at radius 3 is 2.74 bits per heavy atom. The molecule has 4 nitrogen and oxygen atoms in total. The van der Waals surface area contributed by atoms with Crippen molar-refractivity contribution in [3.8, 4) is 17.6 Å². The van der Waals surface area contributed by atoms with Gasteiger partial charge in [-0.3, -0.25) is 9.78 Å². The summed E-state index contributed by atoms with van der Waals surface area (Å²) >= 11 is 0. The molecule has 0 fully saturated rings. The number of amides is 1. The minimum atomic E-state index is -0.783. The zero-order valence-electron chi connectivity index (χ0n) is 15.3. The van der Waals surface area contributed by atoms with Crippen molar-refractivity contribution in [1.29, 1.82) is 0 Å². The van der Waals surface area contributed by atoms with Gasteiger partial charge in [0, 0.05) is 11.6 Å². The fourth-order valence-electron chi connectivity index (χ4n) is 2.61. The number of para-hydroxylation sites is 2. The number of ether oxygens (including phenoxy) is 1. The predicted molar refractivity (Wildman–Crippen MR) is 103 cm³/mol. The molecule has 1 heterocycles. The van der Waals surface area contributed by atoms with Crippen molar-refractivity contribution in [2.24, 2.45) is 0 Å². The van der Waals surface area contributed by atoms with E-state index in [1.807, 2.05) is 38.1 Å². The van der Waals surface area contributed by atoms with Crippen LogP contribution in [-0.2, 0) is 0 Å². The Labute approximate surface area is 157 Å². The van der Waals surface area contributed by atoms with Crippen LogP contribution in [-0.4, -0.2) is 23.5 Å². The summed E-state index contributed by atoms with van der Waals surface area (Å²) in [5, 5.41) is 3.44. The first-order valence-electron chi connectivity index (χ1n) is 8.42. The highest BCUT2D eigenvalue weighted by Gasteiger charge is 2.19. The number of hydrogen-bond donors (Lipinski definition) is 1. The lowest BCUT2D eigenvalue weighted by Crippen LogP contribution is -2.42. The van der Waals surface area contributed by atoms with Gasteiger partial charge >= 0.3 is 0 Å². The van der Waals surface area contributed by atoms with E-state index in [0.717, 1.165) is 5.56 Å². The van der Waals surface area contributed by atoms with Crippen molar-refractivity contribution in [3.05, 3.63) is 71.7 Å². The second kappa shape index (κ2) is 7.46. The molecule has 27 heavy (non-hydrogen) atoms. The number of carbonyl (C=O) groups is 1. The van der Waals surface area contributed by atoms with E-state index < -0.39 is 11.4 Å². The van der Waals surface area contributed by atoms with Crippen molar-refractivity contribution >= 4 is 16.8 Å². The molecule has 0 aliphatic heterocycles. The Bertz CT molecular complexity index is 1060. The van der Waals surface area contributed by atoms with Gasteiger partial charge in [-0.1, -0.05) is 36.1 Å². The fourth-order valence-corrected chi connectivity index (χ4v) is 2.61. The minimum Gasteiger partial charge on any atom is -0.495 e. The van der Waals surface area contributed by atoms with Crippen LogP contribution in [0.4, 0.5) is 4.39 Å². The van der Waals surface area contributed by atoms with Gasteiger partial charge in [-0.2, -0.15) is 0 Å². The van der Waals surface area contributed by atoms with E-state index in [-0.39, 0.29) is 11.4 Å². The summed E-state index contributed by atoms with van der Waals surface area (Å²) in [5.41, 5.74) is 0.546. The number of carbonyl (C=O) groups excluding carboxylic acids is 1. The minimum absolute atomic E-state index is 0.240. The lowest BCUT2D eigenvalue weighted by Gasteiger charge is -2.20. The first-order valence-corrected chi connectivity index (χ1v) is 8.42. The van der Waals surface area contributed by atoms with Crippen LogP contribution < -0.4 is 10.1 Å². The van der Waals surface area contributed by atoms with Crippen LogP contribution >= 0.6 is 0 Å². The van der Waals surface area contributed by atoms with E-state index in [2.05, 4.69) is 22.1 Å². The van der Waals surface area contributed by atoms with Gasteiger partial charge in [0.25, 0.3) is 5.91 Å². The maximum atomic E-state index is 13.7. The van der Waals surface area contributed by atoms with Gasteiger partial charge < -0.3 is 10.1 Å². The number of rotatable bonds is 3. The molecule has 3 aromatic rings. The van der Waals surface area contributed by atoms with Crippen molar-refractivity contribution in [1.82, 2.24) is 10.3 Å². The molecular formula is C22H19FN2O2. The second-order valence-electron chi connectivity index (χ2n) is 6.56. The van der Waals surface area contributed by atoms with Gasteiger partial charge in [0.15, 0.2) is 0 Å². The summed E-state index contributed by atoms with van der Waals surface area (Å²) in [5.74, 6) is 6.03. The van der Waals surface area contributed by atoms with Crippen LogP contribution in [0, 0.1) is 17.7 Å². The monoisotopic (exact) mass is 362 g/mol. The van der Waals surface area contributed by atoms with E-state index in [1.54, 1.807) is 25.3 Å². The molecule has 0 saturated carbocycles. The predicted octanol–water partition coefficient (Wildman–Crippen LogP) is 3.94. The Kier molecular flexibility index (Phi) is 5.09. The molecule has 136 valence electrons. The number of fused-ring (bicyclic) bond motifs is 1. The summed E-state index contributed by atoms with van der Waals surface area (Å²) in [7, 11) is 1.59. The third-order valence-electron chi connectivity index (χ3n) is 3.97. The molecule has 1 aromatic heterocycles. The number of nitrogens with zero attached hydrogens (tertiary/aromatic N) is 1. The Morgan fingerprint density at radius 2 is 1.96 bits per heavy atom. The maximum Gasteiger partial charge on any atom is 0.254 e. The number of nitrogens with one attached hydrogen (secondary N) is 1. The first kappa shape index (κ1) is 18.4. The van der Waals surface area contributed by atoms with Gasteiger partial charge in [0.05, 0.1) is 23.8 Å². The van der Waals surface area contributed by atoms with Gasteiger partial charge in [0.1, 0.15) is 17.1 Å². The van der Waals surface area contributed by atoms with Crippen LogP contribution in [0.2, 0.25) is 0 Å². The van der Waals surface area contributed by atoms with Gasteiger partial charge in [-0.15, -0.1) is 0 Å². The zero-order valence-corrected chi connectivity index (χ0v) is 15.3. The largest absolute Gasteiger partial charge is 0.495 e. The SMILES string of the molecule is COc1ccccc1C#CC(C)(C)NC(=O)c1cnc2c(F)cccc2c1. The molecule has 0 spiro atoms. The molecule has 0 aliphatic carbocycles. The highest BCUT2D eigenvalue weighted by atomic mass is 19.1. The van der Waals surface area contributed by atoms with E-state index in [9.17, 15) is 9.18 Å². The fraction of sp³-hybridized carbons (Fsp3) is 0.182. The molecule has 1 amide bonds. The molecular weight excluding hydrogens is 343 g/mol. The number of methoxy groups -OCH3 is 1. The average molecular weight is 362 g/mol. The standard InChI is InChI=1S/C22H19FN2O2/c1-22(2,12-11-15-7-4-5-10-19(15)27-3)25-21(26)17-13-16-8-6-9-18(23)20(16)24-14-17/h4-10,13-14H,1-3H3,(H,25,26). The van der Waals surface area contributed by atoms with E-state index in [1.165, 1.54) is 12.3 Å². The summed E-state index contributed by atoms with van der Waals surface area (Å²) in [6.45, 7) is 3.61. The Balaban J connectivity index is 1.82. The summed E-state index contributed by atoms with van der Waals surface area (Å²) in [6, 6.07) is 13.7. The third kappa shape index (κ3) is 4.24. The zero-order chi connectivity index (χ0) is 19.4. The quantitative estimate of drug-likeness (QED) is 0.718. The van der Waals surface area contributed by atoms with Crippen LogP contribution in [0.15, 0.2) is 54.7 Å². The number of halogens is 1. The van der Waals surface area contributed by atoms with Crippen LogP contribution in [0.5, 0.6) is 5.75 Å². The molecule has 0 saturated heterocycles. The van der Waals surface area contributed by atoms with Crippen molar-refractivity contribution in [2.75, 3.05) is 7.11 Å². The van der Waals surface area contributed by atoms with E-state index in [4.69, 9.17) is 4.74 Å². The highest BCUT2D eigenvalue weighted by molar-refractivity contribution is 5.97. The number of hydrogen-bond acceptors (Lipinski definition) is 3.